The van der Waals surface area contributed by atoms with Gasteiger partial charge in [-0.05, 0) is 0 Å². The van der Waals surface area contributed by atoms with Crippen molar-refractivity contribution in [1.29, 1.82) is 0 Å². The SMILES string of the molecule is c1ncc(-c2cnoc2)o1. The molecule has 0 fully saturated rings. The number of hydrogen-bond acceptors (Lipinski definition) is 4. The molecule has 2 aromatic rings. The van der Waals surface area contributed by atoms with Crippen LogP contribution in [0.3, 0.4) is 0 Å². The van der Waals surface area contributed by atoms with Crippen molar-refractivity contribution >= 4 is 0 Å². The molecule has 0 aromatic carbocycles. The zero-order valence-electron chi connectivity index (χ0n) is 5.02. The monoisotopic (exact) mass is 136 g/mol. The summed E-state index contributed by atoms with van der Waals surface area (Å²) in [6, 6.07) is 0. The Morgan fingerprint density at radius 2 is 2.30 bits per heavy atom. The van der Waals surface area contributed by atoms with Gasteiger partial charge in [0.2, 0.25) is 0 Å². The summed E-state index contributed by atoms with van der Waals surface area (Å²) in [4.78, 5) is 3.74. The molecule has 10 heavy (non-hydrogen) atoms. The molecule has 0 aliphatic rings. The van der Waals surface area contributed by atoms with Gasteiger partial charge in [-0.15, -0.1) is 0 Å². The topological polar surface area (TPSA) is 52.1 Å². The van der Waals surface area contributed by atoms with Crippen LogP contribution in [0.5, 0.6) is 0 Å². The van der Waals surface area contributed by atoms with E-state index in [4.69, 9.17) is 4.42 Å². The Balaban J connectivity index is 2.48. The maximum atomic E-state index is 4.97. The summed E-state index contributed by atoms with van der Waals surface area (Å²) in [5.74, 6) is 0.668. The van der Waals surface area contributed by atoms with Crippen LogP contribution in [-0.2, 0) is 0 Å². The number of oxazole rings is 1. The highest BCUT2D eigenvalue weighted by atomic mass is 16.5. The van der Waals surface area contributed by atoms with Crippen molar-refractivity contribution in [2.75, 3.05) is 0 Å². The zero-order chi connectivity index (χ0) is 6.81. The van der Waals surface area contributed by atoms with E-state index in [9.17, 15) is 0 Å². The minimum atomic E-state index is 0.668. The van der Waals surface area contributed by atoms with Gasteiger partial charge in [-0.2, -0.15) is 0 Å². The molecule has 0 aliphatic heterocycles. The molecule has 50 valence electrons. The Labute approximate surface area is 56.5 Å². The van der Waals surface area contributed by atoms with E-state index in [0.717, 1.165) is 5.56 Å². The standard InChI is InChI=1S/C6H4N2O2/c1-5(3-10-8-1)6-2-7-4-9-6/h1-4H. The first-order valence-electron chi connectivity index (χ1n) is 2.75. The van der Waals surface area contributed by atoms with Crippen molar-refractivity contribution < 1.29 is 8.94 Å². The molecule has 0 saturated heterocycles. The highest BCUT2D eigenvalue weighted by Crippen LogP contribution is 2.16. The van der Waals surface area contributed by atoms with E-state index in [1.807, 2.05) is 0 Å². The van der Waals surface area contributed by atoms with Crippen molar-refractivity contribution in [3.8, 4) is 11.3 Å². The molecule has 2 aromatic heterocycles. The molecule has 0 amide bonds. The van der Waals surface area contributed by atoms with Crippen LogP contribution in [0.25, 0.3) is 11.3 Å². The van der Waals surface area contributed by atoms with E-state index in [-0.39, 0.29) is 0 Å². The molecule has 0 bridgehead atoms. The summed E-state index contributed by atoms with van der Waals surface area (Å²) < 4.78 is 9.57. The van der Waals surface area contributed by atoms with Gasteiger partial charge < -0.3 is 8.94 Å². The van der Waals surface area contributed by atoms with E-state index in [1.165, 1.54) is 12.7 Å². The smallest absolute Gasteiger partial charge is 0.181 e. The number of rotatable bonds is 1. The summed E-state index contributed by atoms with van der Waals surface area (Å²) in [5, 5.41) is 3.52. The molecule has 0 unspecified atom stereocenters. The zero-order valence-corrected chi connectivity index (χ0v) is 5.02. The van der Waals surface area contributed by atoms with Crippen molar-refractivity contribution in [2.24, 2.45) is 0 Å². The molecule has 0 N–H and O–H groups in total. The van der Waals surface area contributed by atoms with Crippen LogP contribution in [0.4, 0.5) is 0 Å². The molecule has 0 spiro atoms. The van der Waals surface area contributed by atoms with E-state index in [1.54, 1.807) is 12.4 Å². The van der Waals surface area contributed by atoms with Gasteiger partial charge >= 0.3 is 0 Å². The molecule has 0 saturated carbocycles. The lowest BCUT2D eigenvalue weighted by molar-refractivity contribution is 0.419. The van der Waals surface area contributed by atoms with Gasteiger partial charge in [0.15, 0.2) is 12.2 Å². The third-order valence-corrected chi connectivity index (χ3v) is 1.15. The molecular formula is C6H4N2O2. The predicted molar refractivity (Wildman–Crippen MR) is 32.0 cm³/mol. The maximum Gasteiger partial charge on any atom is 0.181 e. The Kier molecular flexibility index (Phi) is 1.04. The van der Waals surface area contributed by atoms with Crippen LogP contribution in [0.2, 0.25) is 0 Å². The largest absolute Gasteiger partial charge is 0.443 e. The Morgan fingerprint density at radius 1 is 1.30 bits per heavy atom. The van der Waals surface area contributed by atoms with Gasteiger partial charge in [0, 0.05) is 0 Å². The van der Waals surface area contributed by atoms with Gasteiger partial charge in [-0.25, -0.2) is 4.98 Å². The Hall–Kier alpha value is -1.58. The second-order valence-electron chi connectivity index (χ2n) is 1.78. The average molecular weight is 136 g/mol. The fourth-order valence-corrected chi connectivity index (χ4v) is 0.685. The molecule has 0 aliphatic carbocycles. The van der Waals surface area contributed by atoms with Gasteiger partial charge in [-0.1, -0.05) is 5.16 Å². The fraction of sp³-hybridized carbons (Fsp3) is 0. The van der Waals surface area contributed by atoms with Gasteiger partial charge in [0.05, 0.1) is 18.0 Å². The first-order valence-corrected chi connectivity index (χ1v) is 2.75. The van der Waals surface area contributed by atoms with Crippen molar-refractivity contribution in [3.05, 3.63) is 25.1 Å². The Morgan fingerprint density at radius 3 is 2.90 bits per heavy atom. The minimum absolute atomic E-state index is 0.668. The summed E-state index contributed by atoms with van der Waals surface area (Å²) >= 11 is 0. The summed E-state index contributed by atoms with van der Waals surface area (Å²) in [5.41, 5.74) is 0.803. The Bertz CT molecular complexity index is 253. The maximum absolute atomic E-state index is 4.97. The van der Waals surface area contributed by atoms with Gasteiger partial charge in [0.25, 0.3) is 0 Å². The number of hydrogen-bond donors (Lipinski definition) is 0. The van der Waals surface area contributed by atoms with Crippen LogP contribution in [0.1, 0.15) is 0 Å². The molecule has 0 atom stereocenters. The highest BCUT2D eigenvalue weighted by molar-refractivity contribution is 5.51. The molecule has 2 heterocycles. The van der Waals surface area contributed by atoms with E-state index in [0.29, 0.717) is 5.76 Å². The van der Waals surface area contributed by atoms with E-state index >= 15 is 0 Å². The fourth-order valence-electron chi connectivity index (χ4n) is 0.685. The molecule has 0 radical (unpaired) electrons. The summed E-state index contributed by atoms with van der Waals surface area (Å²) in [7, 11) is 0. The van der Waals surface area contributed by atoms with Crippen LogP contribution in [0.15, 0.2) is 34.0 Å². The number of nitrogens with zero attached hydrogens (tertiary/aromatic N) is 2. The first-order chi connectivity index (χ1) is 4.97. The molecule has 4 nitrogen and oxygen atoms in total. The lowest BCUT2D eigenvalue weighted by Crippen LogP contribution is -1.63. The van der Waals surface area contributed by atoms with Crippen LogP contribution < -0.4 is 0 Å². The minimum Gasteiger partial charge on any atom is -0.443 e. The molecule has 2 rings (SSSR count). The summed E-state index contributed by atoms with van der Waals surface area (Å²) in [6.45, 7) is 0. The normalized spacial score (nSPS) is 10.0. The van der Waals surface area contributed by atoms with Crippen LogP contribution in [0, 0.1) is 0 Å². The average Bonchev–Trinajstić information content (AvgIpc) is 2.59. The van der Waals surface area contributed by atoms with Crippen LogP contribution >= 0.6 is 0 Å². The van der Waals surface area contributed by atoms with Crippen molar-refractivity contribution in [3.63, 3.8) is 0 Å². The molecular weight excluding hydrogens is 132 g/mol. The van der Waals surface area contributed by atoms with Crippen molar-refractivity contribution in [2.45, 2.75) is 0 Å². The molecule has 4 heteroatoms. The number of aromatic nitrogens is 2. The van der Waals surface area contributed by atoms with E-state index in [2.05, 4.69) is 14.7 Å². The highest BCUT2D eigenvalue weighted by Gasteiger charge is 2.01. The van der Waals surface area contributed by atoms with Gasteiger partial charge in [0.1, 0.15) is 6.26 Å². The first kappa shape index (κ1) is 5.22. The third kappa shape index (κ3) is 0.699. The quantitative estimate of drug-likeness (QED) is 0.593. The lowest BCUT2D eigenvalue weighted by Gasteiger charge is -1.80. The van der Waals surface area contributed by atoms with Crippen LogP contribution in [-0.4, -0.2) is 10.1 Å². The second kappa shape index (κ2) is 1.98. The lowest BCUT2D eigenvalue weighted by atomic mass is 10.3. The van der Waals surface area contributed by atoms with Crippen molar-refractivity contribution in [1.82, 2.24) is 10.1 Å². The van der Waals surface area contributed by atoms with Gasteiger partial charge in [-0.3, -0.25) is 0 Å². The van der Waals surface area contributed by atoms with E-state index < -0.39 is 0 Å². The summed E-state index contributed by atoms with van der Waals surface area (Å²) in [6.07, 6.45) is 6.04. The predicted octanol–water partition coefficient (Wildman–Crippen LogP) is 1.33. The third-order valence-electron chi connectivity index (χ3n) is 1.15. The second-order valence-corrected chi connectivity index (χ2v) is 1.78.